The van der Waals surface area contributed by atoms with Crippen molar-refractivity contribution in [3.8, 4) is 0 Å². The second-order valence-electron chi connectivity index (χ2n) is 4.84. The highest BCUT2D eigenvalue weighted by Gasteiger charge is 2.32. The number of hydrogen-bond donors (Lipinski definition) is 3. The van der Waals surface area contributed by atoms with Crippen molar-refractivity contribution in [2.24, 2.45) is 0 Å². The summed E-state index contributed by atoms with van der Waals surface area (Å²) in [5.74, 6) is 0.218. The molecule has 104 valence electrons. The molecule has 3 N–H and O–H groups in total. The van der Waals surface area contributed by atoms with Gasteiger partial charge in [0.2, 0.25) is 0 Å². The Kier molecular flexibility index (Phi) is 4.27. The average Bonchev–Trinajstić information content (AvgIpc) is 2.78. The number of rotatable bonds is 3. The molecule has 1 aliphatic heterocycles. The van der Waals surface area contributed by atoms with Crippen molar-refractivity contribution < 1.29 is 14.6 Å². The second kappa shape index (κ2) is 5.93. The van der Waals surface area contributed by atoms with Gasteiger partial charge in [0, 0.05) is 0 Å². The Morgan fingerprint density at radius 3 is 2.89 bits per heavy atom. The quantitative estimate of drug-likeness (QED) is 0.697. The van der Waals surface area contributed by atoms with Gasteiger partial charge >= 0.3 is 0 Å². The number of aliphatic hydroxyl groups excluding tert-OH is 1. The summed E-state index contributed by atoms with van der Waals surface area (Å²) in [6.07, 6.45) is 4.82. The summed E-state index contributed by atoms with van der Waals surface area (Å²) in [6.45, 7) is 7.75. The molecule has 0 radical (unpaired) electrons. The fourth-order valence-electron chi connectivity index (χ4n) is 2.38. The molecule has 3 atom stereocenters. The van der Waals surface area contributed by atoms with Gasteiger partial charge in [-0.15, -0.1) is 0 Å². The molecule has 0 aromatic heterocycles. The summed E-state index contributed by atoms with van der Waals surface area (Å²) in [5, 5.41) is 15.6. The molecule has 19 heavy (non-hydrogen) atoms. The number of allylic oxidation sites excluding steroid dienone is 2. The fraction of sp³-hybridized carbons (Fsp3) is 0.500. The van der Waals surface area contributed by atoms with Gasteiger partial charge < -0.3 is 20.5 Å². The van der Waals surface area contributed by atoms with Crippen LogP contribution in [0.1, 0.15) is 19.3 Å². The molecule has 0 aromatic rings. The summed E-state index contributed by atoms with van der Waals surface area (Å²) < 4.78 is 5.49. The van der Waals surface area contributed by atoms with Gasteiger partial charge in [-0.1, -0.05) is 19.2 Å². The van der Waals surface area contributed by atoms with Crippen LogP contribution in [-0.4, -0.2) is 35.8 Å². The predicted molar refractivity (Wildman–Crippen MR) is 72.1 cm³/mol. The zero-order valence-corrected chi connectivity index (χ0v) is 10.9. The first-order valence-corrected chi connectivity index (χ1v) is 6.52. The predicted octanol–water partition coefficient (Wildman–Crippen LogP) is 0.588. The minimum absolute atomic E-state index is 0.158. The third-order valence-electron chi connectivity index (χ3n) is 3.45. The highest BCUT2D eigenvalue weighted by molar-refractivity contribution is 5.82. The molecule has 1 saturated heterocycles. The molecule has 0 spiro atoms. The van der Waals surface area contributed by atoms with Crippen LogP contribution in [0.25, 0.3) is 0 Å². The Morgan fingerprint density at radius 2 is 2.32 bits per heavy atom. The maximum absolute atomic E-state index is 12.0. The maximum atomic E-state index is 12.0. The van der Waals surface area contributed by atoms with E-state index in [9.17, 15) is 9.90 Å². The summed E-state index contributed by atoms with van der Waals surface area (Å²) in [5.41, 5.74) is 0.736. The summed E-state index contributed by atoms with van der Waals surface area (Å²) in [4.78, 5) is 12.0. The lowest BCUT2D eigenvalue weighted by molar-refractivity contribution is -0.132. The maximum Gasteiger partial charge on any atom is 0.263 e. The third kappa shape index (κ3) is 3.17. The first-order valence-electron chi connectivity index (χ1n) is 6.52. The molecular weight excluding hydrogens is 244 g/mol. The van der Waals surface area contributed by atoms with E-state index in [4.69, 9.17) is 4.74 Å². The average molecular weight is 264 g/mol. The number of morpholine rings is 1. The Hall–Kier alpha value is -1.75. The number of aliphatic hydroxyl groups is 1. The summed E-state index contributed by atoms with van der Waals surface area (Å²) >= 11 is 0. The highest BCUT2D eigenvalue weighted by atomic mass is 16.5. The number of hydrogen-bond acceptors (Lipinski definition) is 4. The number of amides is 1. The van der Waals surface area contributed by atoms with E-state index >= 15 is 0 Å². The third-order valence-corrected chi connectivity index (χ3v) is 3.45. The molecule has 5 nitrogen and oxygen atoms in total. The monoisotopic (exact) mass is 264 g/mol. The lowest BCUT2D eigenvalue weighted by Crippen LogP contribution is -2.50. The highest BCUT2D eigenvalue weighted by Crippen LogP contribution is 2.20. The number of carbonyl (C=O) groups excluding carboxylic acids is 1. The number of nitrogens with one attached hydrogen (secondary N) is 2. The SMILES string of the molecule is C=C/C=C1/NCC(C(=O)N[C@H]2CCC[C@@H]2O)OC1=C. The van der Waals surface area contributed by atoms with E-state index in [1.165, 1.54) is 0 Å². The van der Waals surface area contributed by atoms with E-state index in [1.54, 1.807) is 12.2 Å². The minimum atomic E-state index is -0.609. The van der Waals surface area contributed by atoms with Crippen molar-refractivity contribution in [3.05, 3.63) is 36.8 Å². The molecular formula is C14H20N2O3. The van der Waals surface area contributed by atoms with Crippen molar-refractivity contribution in [3.63, 3.8) is 0 Å². The molecule has 1 saturated carbocycles. The van der Waals surface area contributed by atoms with Crippen LogP contribution in [0.5, 0.6) is 0 Å². The molecule has 0 bridgehead atoms. The Bertz CT molecular complexity index is 417. The fourth-order valence-corrected chi connectivity index (χ4v) is 2.38. The molecule has 0 aromatic carbocycles. The largest absolute Gasteiger partial charge is 0.477 e. The van der Waals surface area contributed by atoms with Crippen LogP contribution >= 0.6 is 0 Å². The molecule has 5 heteroatoms. The zero-order valence-electron chi connectivity index (χ0n) is 10.9. The lowest BCUT2D eigenvalue weighted by atomic mass is 10.2. The van der Waals surface area contributed by atoms with Crippen molar-refractivity contribution in [2.75, 3.05) is 6.54 Å². The first-order chi connectivity index (χ1) is 9.11. The van der Waals surface area contributed by atoms with Gasteiger partial charge in [-0.05, 0) is 25.3 Å². The molecule has 1 unspecified atom stereocenters. The molecule has 2 rings (SSSR count). The Morgan fingerprint density at radius 1 is 1.53 bits per heavy atom. The first kappa shape index (κ1) is 13.7. The normalized spacial score (nSPS) is 32.6. The van der Waals surface area contributed by atoms with Crippen molar-refractivity contribution in [1.82, 2.24) is 10.6 Å². The van der Waals surface area contributed by atoms with Crippen LogP contribution in [0.2, 0.25) is 0 Å². The van der Waals surface area contributed by atoms with Gasteiger partial charge in [-0.25, -0.2) is 0 Å². The topological polar surface area (TPSA) is 70.6 Å². The van der Waals surface area contributed by atoms with Crippen LogP contribution in [0.3, 0.4) is 0 Å². The van der Waals surface area contributed by atoms with E-state index in [-0.39, 0.29) is 11.9 Å². The number of carbonyl (C=O) groups is 1. The van der Waals surface area contributed by atoms with E-state index < -0.39 is 12.2 Å². The summed E-state index contributed by atoms with van der Waals surface area (Å²) in [7, 11) is 0. The lowest BCUT2D eigenvalue weighted by Gasteiger charge is -2.29. The van der Waals surface area contributed by atoms with Crippen LogP contribution in [0.4, 0.5) is 0 Å². The number of ether oxygens (including phenoxy) is 1. The van der Waals surface area contributed by atoms with Crippen molar-refractivity contribution >= 4 is 5.91 Å². The van der Waals surface area contributed by atoms with Gasteiger partial charge in [-0.2, -0.15) is 0 Å². The standard InChI is InChI=1S/C14H20N2O3/c1-3-5-10-9(2)19-13(8-15-10)14(18)16-11-6-4-7-12(11)17/h3,5,11-13,15,17H,1-2,4,6-8H2,(H,16,18)/b10-5+/t11-,12-,13?/m0/s1. The van der Waals surface area contributed by atoms with Crippen LogP contribution < -0.4 is 10.6 Å². The van der Waals surface area contributed by atoms with Crippen LogP contribution in [0.15, 0.2) is 36.8 Å². The van der Waals surface area contributed by atoms with E-state index in [2.05, 4.69) is 23.8 Å². The minimum Gasteiger partial charge on any atom is -0.477 e. The van der Waals surface area contributed by atoms with Gasteiger partial charge in [0.1, 0.15) is 5.76 Å². The molecule has 1 heterocycles. The van der Waals surface area contributed by atoms with Gasteiger partial charge in [0.25, 0.3) is 5.91 Å². The zero-order chi connectivity index (χ0) is 13.8. The molecule has 2 fully saturated rings. The molecule has 1 aliphatic carbocycles. The second-order valence-corrected chi connectivity index (χ2v) is 4.84. The van der Waals surface area contributed by atoms with Gasteiger partial charge in [0.05, 0.1) is 24.4 Å². The molecule has 2 aliphatic rings. The van der Waals surface area contributed by atoms with E-state index in [0.29, 0.717) is 12.3 Å². The molecule has 1 amide bonds. The van der Waals surface area contributed by atoms with E-state index in [1.807, 2.05) is 0 Å². The van der Waals surface area contributed by atoms with Crippen molar-refractivity contribution in [1.29, 1.82) is 0 Å². The van der Waals surface area contributed by atoms with Crippen molar-refractivity contribution in [2.45, 2.75) is 37.5 Å². The van der Waals surface area contributed by atoms with Crippen LogP contribution in [-0.2, 0) is 9.53 Å². The Balaban J connectivity index is 1.89. The summed E-state index contributed by atoms with van der Waals surface area (Å²) in [6, 6.07) is -0.158. The smallest absolute Gasteiger partial charge is 0.263 e. The Labute approximate surface area is 113 Å². The van der Waals surface area contributed by atoms with E-state index in [0.717, 1.165) is 25.0 Å². The van der Waals surface area contributed by atoms with Crippen LogP contribution in [0, 0.1) is 0 Å². The van der Waals surface area contributed by atoms with Gasteiger partial charge in [0.15, 0.2) is 6.10 Å². The van der Waals surface area contributed by atoms with Gasteiger partial charge in [-0.3, -0.25) is 4.79 Å².